The minimum atomic E-state index is -0.744. The molecule has 1 aliphatic heterocycles. The van der Waals surface area contributed by atoms with E-state index in [1.807, 2.05) is 0 Å². The number of pyridine rings is 2. The third-order valence-corrected chi connectivity index (χ3v) is 4.90. The number of fused-ring (bicyclic) bond motifs is 5. The number of hydrogen-bond acceptors (Lipinski definition) is 7. The number of imidazole rings is 1. The normalized spacial score (nSPS) is 13.6. The second-order valence-electron chi connectivity index (χ2n) is 8.27. The first-order chi connectivity index (χ1) is 14.2. The van der Waals surface area contributed by atoms with Crippen LogP contribution in [-0.4, -0.2) is 43.2 Å². The molecule has 30 heavy (non-hydrogen) atoms. The maximum Gasteiger partial charge on any atom is 0.343 e. The Morgan fingerprint density at radius 3 is 2.73 bits per heavy atom. The van der Waals surface area contributed by atoms with Crippen LogP contribution in [-0.2, 0) is 33.8 Å². The van der Waals surface area contributed by atoms with Gasteiger partial charge in [0.25, 0.3) is 5.56 Å². The summed E-state index contributed by atoms with van der Waals surface area (Å²) in [6.45, 7) is 7.51. The zero-order chi connectivity index (χ0) is 21.6. The lowest BCUT2D eigenvalue weighted by Gasteiger charge is -2.20. The summed E-state index contributed by atoms with van der Waals surface area (Å²) in [4.78, 5) is 47.2. The van der Waals surface area contributed by atoms with Crippen molar-refractivity contribution in [2.24, 2.45) is 0 Å². The minimum absolute atomic E-state index is 0.129. The average Bonchev–Trinajstić information content (AvgIpc) is 3.23. The molecular formula is C21H24N4O5. The molecule has 0 amide bonds. The summed E-state index contributed by atoms with van der Waals surface area (Å²) in [6, 6.07) is 1.47. The monoisotopic (exact) mass is 412 g/mol. The van der Waals surface area contributed by atoms with Crippen molar-refractivity contribution in [1.29, 1.82) is 0 Å². The van der Waals surface area contributed by atoms with Crippen LogP contribution in [0.15, 0.2) is 17.1 Å². The first-order valence-corrected chi connectivity index (χ1v) is 10.00. The molecule has 158 valence electrons. The van der Waals surface area contributed by atoms with E-state index in [1.165, 1.54) is 10.6 Å². The summed E-state index contributed by atoms with van der Waals surface area (Å²) in [5.74, 6) is -0.394. The van der Waals surface area contributed by atoms with Crippen molar-refractivity contribution < 1.29 is 19.1 Å². The number of nitrogens with zero attached hydrogens (tertiary/aromatic N) is 4. The van der Waals surface area contributed by atoms with Gasteiger partial charge in [0, 0.05) is 18.4 Å². The van der Waals surface area contributed by atoms with Gasteiger partial charge in [0.15, 0.2) is 0 Å². The van der Waals surface area contributed by atoms with E-state index in [9.17, 15) is 14.4 Å². The lowest BCUT2D eigenvalue weighted by molar-refractivity contribution is -0.155. The number of rotatable bonds is 4. The van der Waals surface area contributed by atoms with Crippen molar-refractivity contribution in [1.82, 2.24) is 19.1 Å². The molecule has 4 heterocycles. The highest BCUT2D eigenvalue weighted by Gasteiger charge is 2.25. The molecule has 0 radical (unpaired) electrons. The van der Waals surface area contributed by atoms with E-state index in [-0.39, 0.29) is 24.4 Å². The third kappa shape index (κ3) is 3.44. The van der Waals surface area contributed by atoms with E-state index in [4.69, 9.17) is 14.5 Å². The van der Waals surface area contributed by atoms with Crippen LogP contribution in [0, 0.1) is 0 Å². The largest absolute Gasteiger partial charge is 0.462 e. The molecule has 0 aliphatic carbocycles. The summed E-state index contributed by atoms with van der Waals surface area (Å²) in [5.41, 5.74) is 0.259. The third-order valence-electron chi connectivity index (χ3n) is 4.90. The maximum atomic E-state index is 13.1. The topological polar surface area (TPSA) is 105 Å². The summed E-state index contributed by atoms with van der Waals surface area (Å²) < 4.78 is 13.7. The number of ether oxygens (including phenoxy) is 2. The predicted octanol–water partition coefficient (Wildman–Crippen LogP) is 2.21. The molecule has 0 atom stereocenters. The van der Waals surface area contributed by atoms with E-state index >= 15 is 0 Å². The van der Waals surface area contributed by atoms with E-state index in [0.717, 1.165) is 30.7 Å². The highest BCUT2D eigenvalue weighted by Crippen LogP contribution is 2.28. The molecule has 1 aliphatic rings. The van der Waals surface area contributed by atoms with Crippen LogP contribution < -0.4 is 5.56 Å². The van der Waals surface area contributed by atoms with Crippen molar-refractivity contribution in [3.63, 3.8) is 0 Å². The highest BCUT2D eigenvalue weighted by atomic mass is 16.6. The van der Waals surface area contributed by atoms with Crippen LogP contribution in [0.25, 0.3) is 22.1 Å². The predicted molar refractivity (Wildman–Crippen MR) is 109 cm³/mol. The summed E-state index contributed by atoms with van der Waals surface area (Å²) >= 11 is 0. The van der Waals surface area contributed by atoms with E-state index in [1.54, 1.807) is 33.9 Å². The molecule has 0 saturated heterocycles. The van der Waals surface area contributed by atoms with Gasteiger partial charge in [-0.1, -0.05) is 0 Å². The molecular weight excluding hydrogens is 388 g/mol. The fraction of sp³-hybridized carbons (Fsp3) is 0.476. The molecule has 0 aromatic carbocycles. The Kier molecular flexibility index (Phi) is 4.83. The number of esters is 2. The molecule has 0 bridgehead atoms. The van der Waals surface area contributed by atoms with Gasteiger partial charge in [0.05, 0.1) is 18.3 Å². The molecule has 3 aromatic rings. The Bertz CT molecular complexity index is 1230. The van der Waals surface area contributed by atoms with Gasteiger partial charge in [-0.05, 0) is 40.2 Å². The molecule has 4 rings (SSSR count). The standard InChI is InChI=1S/C21H24N4O5/c1-5-29-20(28)13-9-12-17-14(24-8-6-7-15(24)23-17)10-22-18(12)25(19(13)27)11-16(26)30-21(2,3)4/h9-10H,5-8,11H2,1-4H3. The lowest BCUT2D eigenvalue weighted by atomic mass is 10.1. The Morgan fingerprint density at radius 1 is 1.27 bits per heavy atom. The Morgan fingerprint density at radius 2 is 2.03 bits per heavy atom. The van der Waals surface area contributed by atoms with Crippen molar-refractivity contribution in [3.05, 3.63) is 34.0 Å². The van der Waals surface area contributed by atoms with E-state index in [2.05, 4.69) is 9.55 Å². The van der Waals surface area contributed by atoms with Gasteiger partial charge >= 0.3 is 11.9 Å². The molecule has 0 saturated carbocycles. The second kappa shape index (κ2) is 7.23. The Hall–Kier alpha value is -3.23. The van der Waals surface area contributed by atoms with Crippen molar-refractivity contribution in [2.45, 2.75) is 59.2 Å². The molecule has 3 aromatic heterocycles. The quantitative estimate of drug-likeness (QED) is 0.605. The van der Waals surface area contributed by atoms with E-state index in [0.29, 0.717) is 10.9 Å². The average molecular weight is 412 g/mol. The van der Waals surface area contributed by atoms with Crippen molar-refractivity contribution >= 4 is 34.0 Å². The fourth-order valence-corrected chi connectivity index (χ4v) is 3.78. The molecule has 0 unspecified atom stereocenters. The van der Waals surface area contributed by atoms with Gasteiger partial charge in [0.2, 0.25) is 0 Å². The number of carbonyl (C=O) groups excluding carboxylic acids is 2. The summed E-state index contributed by atoms with van der Waals surface area (Å²) in [6.07, 6.45) is 3.54. The number of aryl methyl sites for hydroxylation is 2. The van der Waals surface area contributed by atoms with Gasteiger partial charge < -0.3 is 14.0 Å². The van der Waals surface area contributed by atoms with Gasteiger partial charge in [-0.3, -0.25) is 14.2 Å². The number of hydrogen-bond donors (Lipinski definition) is 0. The maximum absolute atomic E-state index is 13.1. The van der Waals surface area contributed by atoms with Crippen LogP contribution in [0.5, 0.6) is 0 Å². The van der Waals surface area contributed by atoms with Crippen molar-refractivity contribution in [3.8, 4) is 0 Å². The van der Waals surface area contributed by atoms with Crippen LogP contribution in [0.1, 0.15) is 50.3 Å². The Balaban J connectivity index is 1.95. The summed E-state index contributed by atoms with van der Waals surface area (Å²) in [5, 5.41) is 0.528. The highest BCUT2D eigenvalue weighted by molar-refractivity contribution is 6.04. The van der Waals surface area contributed by atoms with Crippen LogP contribution in [0.3, 0.4) is 0 Å². The summed E-state index contributed by atoms with van der Waals surface area (Å²) in [7, 11) is 0. The van der Waals surface area contributed by atoms with Crippen LogP contribution in [0.2, 0.25) is 0 Å². The second-order valence-corrected chi connectivity index (χ2v) is 8.27. The van der Waals surface area contributed by atoms with Gasteiger partial charge in [-0.25, -0.2) is 14.8 Å². The smallest absolute Gasteiger partial charge is 0.343 e. The van der Waals surface area contributed by atoms with E-state index < -0.39 is 23.1 Å². The first-order valence-electron chi connectivity index (χ1n) is 10.00. The molecule has 0 fully saturated rings. The zero-order valence-corrected chi connectivity index (χ0v) is 17.5. The van der Waals surface area contributed by atoms with Crippen molar-refractivity contribution in [2.75, 3.05) is 6.61 Å². The Labute approximate surface area is 172 Å². The SMILES string of the molecule is CCOC(=O)c1cc2c3nc4n(c3cnc2n(CC(=O)OC(C)(C)C)c1=O)CCC4. The molecule has 9 heteroatoms. The number of aromatic nitrogens is 4. The van der Waals surface area contributed by atoms with Gasteiger partial charge in [0.1, 0.15) is 34.7 Å². The lowest BCUT2D eigenvalue weighted by Crippen LogP contribution is -2.33. The fourth-order valence-electron chi connectivity index (χ4n) is 3.78. The van der Waals surface area contributed by atoms with Gasteiger partial charge in [-0.2, -0.15) is 0 Å². The number of carbonyl (C=O) groups is 2. The molecule has 0 N–H and O–H groups in total. The molecule has 9 nitrogen and oxygen atoms in total. The first kappa shape index (κ1) is 20.1. The zero-order valence-electron chi connectivity index (χ0n) is 17.5. The minimum Gasteiger partial charge on any atom is -0.462 e. The molecule has 0 spiro atoms. The van der Waals surface area contributed by atoms with Crippen LogP contribution >= 0.6 is 0 Å². The van der Waals surface area contributed by atoms with Crippen LogP contribution in [0.4, 0.5) is 0 Å². The van der Waals surface area contributed by atoms with Gasteiger partial charge in [-0.15, -0.1) is 0 Å².